The molecule has 2 aromatic rings. The zero-order valence-electron chi connectivity index (χ0n) is 17.5. The lowest BCUT2D eigenvalue weighted by molar-refractivity contribution is -0.139. The fourth-order valence-electron chi connectivity index (χ4n) is 3.48. The molecule has 0 saturated heterocycles. The number of nitrogens with one attached hydrogen (secondary N) is 2. The molecule has 0 radical (unpaired) electrons. The van der Waals surface area contributed by atoms with E-state index in [2.05, 4.69) is 29.7 Å². The predicted molar refractivity (Wildman–Crippen MR) is 121 cm³/mol. The summed E-state index contributed by atoms with van der Waals surface area (Å²) in [6.45, 7) is 7.82. The molecule has 2 aromatic carbocycles. The average molecular weight is 445 g/mol. The van der Waals surface area contributed by atoms with E-state index in [1.165, 1.54) is 0 Å². The molecule has 1 unspecified atom stereocenters. The normalized spacial score (nSPS) is 16.2. The Morgan fingerprint density at radius 2 is 1.83 bits per heavy atom. The summed E-state index contributed by atoms with van der Waals surface area (Å²) in [5.41, 5.74) is 5.15. The Kier molecular flexibility index (Phi) is 7.10. The minimum Gasteiger partial charge on any atom is -0.463 e. The first-order chi connectivity index (χ1) is 14.3. The Labute approximate surface area is 186 Å². The number of carbonyl (C=O) groups excluding carboxylic acids is 2. The van der Waals surface area contributed by atoms with Gasteiger partial charge < -0.3 is 15.4 Å². The van der Waals surface area contributed by atoms with E-state index in [-0.39, 0.29) is 12.6 Å². The van der Waals surface area contributed by atoms with Gasteiger partial charge in [-0.3, -0.25) is 0 Å². The zero-order chi connectivity index (χ0) is 21.8. The Bertz CT molecular complexity index is 1000. The fourth-order valence-corrected chi connectivity index (χ4v) is 4.57. The number of allylic oxidation sites excluding steroid dienone is 1. The predicted octanol–water partition coefficient (Wildman–Crippen LogP) is 5.44. The number of hydrogen-bond donors (Lipinski definition) is 2. The van der Waals surface area contributed by atoms with Gasteiger partial charge in [0.25, 0.3) is 0 Å². The average Bonchev–Trinajstić information content (AvgIpc) is 2.68. The van der Waals surface area contributed by atoms with Gasteiger partial charge in [-0.2, -0.15) is 0 Å². The van der Waals surface area contributed by atoms with Crippen molar-refractivity contribution in [1.29, 1.82) is 0 Å². The lowest BCUT2D eigenvalue weighted by atomic mass is 9.90. The molecule has 5 nitrogen and oxygen atoms in total. The van der Waals surface area contributed by atoms with Crippen molar-refractivity contribution in [2.75, 3.05) is 6.61 Å². The molecule has 158 valence electrons. The quantitative estimate of drug-likeness (QED) is 0.459. The van der Waals surface area contributed by atoms with Gasteiger partial charge in [0, 0.05) is 21.4 Å². The molecule has 1 aliphatic heterocycles. The van der Waals surface area contributed by atoms with Gasteiger partial charge in [0.05, 0.1) is 18.2 Å². The van der Waals surface area contributed by atoms with E-state index in [1.54, 1.807) is 25.6 Å². The van der Waals surface area contributed by atoms with E-state index < -0.39 is 12.0 Å². The molecule has 1 heterocycles. The minimum atomic E-state index is -0.558. The van der Waals surface area contributed by atoms with Gasteiger partial charge in [0.1, 0.15) is 0 Å². The van der Waals surface area contributed by atoms with Crippen LogP contribution >= 0.6 is 23.4 Å². The summed E-state index contributed by atoms with van der Waals surface area (Å²) >= 11 is 7.68. The number of urea groups is 1. The van der Waals surface area contributed by atoms with Crippen molar-refractivity contribution in [3.05, 3.63) is 74.9 Å². The van der Waals surface area contributed by atoms with Crippen molar-refractivity contribution >= 4 is 35.4 Å². The minimum absolute atomic E-state index is 0.270. The summed E-state index contributed by atoms with van der Waals surface area (Å²) in [5.74, 6) is 0.335. The number of benzene rings is 2. The van der Waals surface area contributed by atoms with Crippen LogP contribution in [-0.4, -0.2) is 18.6 Å². The van der Waals surface area contributed by atoms with Crippen LogP contribution in [-0.2, 0) is 15.3 Å². The first-order valence-corrected chi connectivity index (χ1v) is 11.1. The zero-order valence-corrected chi connectivity index (χ0v) is 19.0. The molecule has 1 atom stereocenters. The maximum Gasteiger partial charge on any atom is 0.338 e. The second-order valence-electron chi connectivity index (χ2n) is 7.17. The van der Waals surface area contributed by atoms with Gasteiger partial charge in [0.15, 0.2) is 0 Å². The van der Waals surface area contributed by atoms with Gasteiger partial charge in [-0.25, -0.2) is 9.59 Å². The van der Waals surface area contributed by atoms with Crippen molar-refractivity contribution in [2.24, 2.45) is 0 Å². The van der Waals surface area contributed by atoms with Crippen molar-refractivity contribution in [3.63, 3.8) is 0 Å². The van der Waals surface area contributed by atoms with Crippen LogP contribution in [0.2, 0.25) is 5.02 Å². The standard InChI is InChI=1S/C23H25ClN2O3S/c1-5-29-22(27)20-15(4)25-23(28)26-21(20)19-11-16(13(2)10-14(19)3)12-30-18-8-6-17(24)7-9-18/h6-11,21H,5,12H2,1-4H3,(H2,25,26,28). The van der Waals surface area contributed by atoms with Crippen LogP contribution in [0.3, 0.4) is 0 Å². The highest BCUT2D eigenvalue weighted by Gasteiger charge is 2.33. The molecule has 3 rings (SSSR count). The number of hydrogen-bond acceptors (Lipinski definition) is 4. The second-order valence-corrected chi connectivity index (χ2v) is 8.65. The Hall–Kier alpha value is -2.44. The van der Waals surface area contributed by atoms with Gasteiger partial charge in [-0.1, -0.05) is 23.7 Å². The summed E-state index contributed by atoms with van der Waals surface area (Å²) in [6, 6.07) is 11.0. The van der Waals surface area contributed by atoms with Crippen LogP contribution in [0.25, 0.3) is 0 Å². The highest BCUT2D eigenvalue weighted by Crippen LogP contribution is 2.33. The molecule has 0 spiro atoms. The van der Waals surface area contributed by atoms with Crippen LogP contribution in [0, 0.1) is 13.8 Å². The number of thioether (sulfide) groups is 1. The van der Waals surface area contributed by atoms with Crippen LogP contribution in [0.15, 0.2) is 52.6 Å². The highest BCUT2D eigenvalue weighted by atomic mass is 35.5. The summed E-state index contributed by atoms with van der Waals surface area (Å²) in [5, 5.41) is 6.28. The smallest absolute Gasteiger partial charge is 0.338 e. The van der Waals surface area contributed by atoms with E-state index in [1.807, 2.05) is 31.2 Å². The molecule has 0 bridgehead atoms. The summed E-state index contributed by atoms with van der Waals surface area (Å²) in [7, 11) is 0. The molecular formula is C23H25ClN2O3S. The fraction of sp³-hybridized carbons (Fsp3) is 0.304. The molecule has 7 heteroatoms. The third-order valence-electron chi connectivity index (χ3n) is 5.01. The number of esters is 1. The lowest BCUT2D eigenvalue weighted by Gasteiger charge is -2.29. The highest BCUT2D eigenvalue weighted by molar-refractivity contribution is 7.98. The monoisotopic (exact) mass is 444 g/mol. The van der Waals surface area contributed by atoms with Crippen LogP contribution in [0.4, 0.5) is 4.79 Å². The molecule has 0 aromatic heterocycles. The molecule has 0 saturated carbocycles. The number of rotatable bonds is 6. The Balaban J connectivity index is 1.94. The largest absolute Gasteiger partial charge is 0.463 e. The Morgan fingerprint density at radius 3 is 2.50 bits per heavy atom. The molecule has 2 N–H and O–H groups in total. The lowest BCUT2D eigenvalue weighted by Crippen LogP contribution is -2.45. The Morgan fingerprint density at radius 1 is 1.13 bits per heavy atom. The number of aryl methyl sites for hydroxylation is 2. The number of carbonyl (C=O) groups is 2. The van der Waals surface area contributed by atoms with E-state index in [9.17, 15) is 9.59 Å². The van der Waals surface area contributed by atoms with Crippen molar-refractivity contribution in [2.45, 2.75) is 44.4 Å². The molecule has 1 aliphatic rings. The van der Waals surface area contributed by atoms with E-state index in [0.29, 0.717) is 16.3 Å². The number of amides is 2. The van der Waals surface area contributed by atoms with Gasteiger partial charge >= 0.3 is 12.0 Å². The summed E-state index contributed by atoms with van der Waals surface area (Å²) in [6.07, 6.45) is 0. The van der Waals surface area contributed by atoms with Crippen LogP contribution < -0.4 is 10.6 Å². The maximum atomic E-state index is 12.6. The van der Waals surface area contributed by atoms with E-state index in [4.69, 9.17) is 16.3 Å². The van der Waals surface area contributed by atoms with Gasteiger partial charge in [0.2, 0.25) is 0 Å². The third-order valence-corrected chi connectivity index (χ3v) is 6.32. The number of ether oxygens (including phenoxy) is 1. The van der Waals surface area contributed by atoms with Crippen molar-refractivity contribution < 1.29 is 14.3 Å². The maximum absolute atomic E-state index is 12.6. The molecular weight excluding hydrogens is 420 g/mol. The van der Waals surface area contributed by atoms with E-state index >= 15 is 0 Å². The summed E-state index contributed by atoms with van der Waals surface area (Å²) < 4.78 is 5.24. The van der Waals surface area contributed by atoms with Crippen molar-refractivity contribution in [3.8, 4) is 0 Å². The first-order valence-electron chi connectivity index (χ1n) is 9.74. The van der Waals surface area contributed by atoms with Crippen LogP contribution in [0.1, 0.15) is 42.1 Å². The van der Waals surface area contributed by atoms with Crippen molar-refractivity contribution in [1.82, 2.24) is 10.6 Å². The summed E-state index contributed by atoms with van der Waals surface area (Å²) in [4.78, 5) is 25.9. The number of halogens is 1. The molecule has 0 fully saturated rings. The van der Waals surface area contributed by atoms with Gasteiger partial charge in [-0.05, 0) is 74.2 Å². The topological polar surface area (TPSA) is 67.4 Å². The van der Waals surface area contributed by atoms with Crippen LogP contribution in [0.5, 0.6) is 0 Å². The van der Waals surface area contributed by atoms with E-state index in [0.717, 1.165) is 32.9 Å². The molecule has 2 amide bonds. The second kappa shape index (κ2) is 9.58. The first kappa shape index (κ1) is 22.2. The van der Waals surface area contributed by atoms with Gasteiger partial charge in [-0.15, -0.1) is 11.8 Å². The third kappa shape index (κ3) is 4.99. The molecule has 30 heavy (non-hydrogen) atoms. The SMILES string of the molecule is CCOC(=O)C1=C(C)NC(=O)NC1c1cc(CSc2ccc(Cl)cc2)c(C)cc1C. The molecule has 0 aliphatic carbocycles.